The molecule has 3 amide bonds. The van der Waals surface area contributed by atoms with Crippen LogP contribution in [0.3, 0.4) is 0 Å². The zero-order valence-electron chi connectivity index (χ0n) is 25.3. The second-order valence-corrected chi connectivity index (χ2v) is 14.6. The Kier molecular flexibility index (Phi) is 8.00. The Labute approximate surface area is 271 Å². The van der Waals surface area contributed by atoms with E-state index in [1.165, 1.54) is 10.6 Å². The molecule has 46 heavy (non-hydrogen) atoms. The number of nitrogens with one attached hydrogen (secondary N) is 1. The number of imide groups is 1. The van der Waals surface area contributed by atoms with Crippen LogP contribution in [0.1, 0.15) is 53.8 Å². The highest BCUT2D eigenvalue weighted by atomic mass is 32.2. The van der Waals surface area contributed by atoms with Crippen molar-refractivity contribution in [2.75, 3.05) is 10.2 Å². The number of rotatable bonds is 5. The summed E-state index contributed by atoms with van der Waals surface area (Å²) >= 11 is 1.92. The highest BCUT2D eigenvalue weighted by molar-refractivity contribution is 8.00. The maximum absolute atomic E-state index is 14.1. The first-order chi connectivity index (χ1) is 21.6. The molecule has 1 fully saturated rings. The van der Waals surface area contributed by atoms with Crippen molar-refractivity contribution in [1.82, 2.24) is 4.57 Å². The maximum Gasteiger partial charge on any atom is 0.416 e. The van der Waals surface area contributed by atoms with Crippen molar-refractivity contribution in [3.63, 3.8) is 0 Å². The van der Waals surface area contributed by atoms with Gasteiger partial charge in [0.15, 0.2) is 0 Å². The number of aromatic nitrogens is 1. The average Bonchev–Trinajstić information content (AvgIpc) is 3.43. The van der Waals surface area contributed by atoms with Gasteiger partial charge in [-0.05, 0) is 53.8 Å². The molecule has 6 rings (SSSR count). The maximum atomic E-state index is 14.1. The fourth-order valence-electron chi connectivity index (χ4n) is 5.86. The molecule has 0 radical (unpaired) electrons. The van der Waals surface area contributed by atoms with Gasteiger partial charge in [0.25, 0.3) is 0 Å². The molecular weight excluding hydrogens is 636 g/mol. The van der Waals surface area contributed by atoms with Crippen molar-refractivity contribution in [3.05, 3.63) is 110 Å². The number of aryl methyl sites for hydroxylation is 1. The molecule has 0 spiro atoms. The minimum absolute atomic E-state index is 0.160. The van der Waals surface area contributed by atoms with E-state index in [4.69, 9.17) is 0 Å². The van der Waals surface area contributed by atoms with E-state index in [2.05, 4.69) is 26.1 Å². The van der Waals surface area contributed by atoms with Crippen LogP contribution in [0.15, 0.2) is 82.6 Å². The number of halogens is 3. The number of alkyl halides is 3. The Morgan fingerprint density at radius 1 is 0.891 bits per heavy atom. The number of carbonyl (C=O) groups is 3. The minimum atomic E-state index is -4.67. The predicted octanol–water partition coefficient (Wildman–Crippen LogP) is 6.97. The van der Waals surface area contributed by atoms with Crippen LogP contribution >= 0.6 is 23.1 Å². The van der Waals surface area contributed by atoms with Crippen LogP contribution in [0.2, 0.25) is 0 Å². The molecule has 1 saturated heterocycles. The highest BCUT2D eigenvalue weighted by Crippen LogP contribution is 2.54. The van der Waals surface area contributed by atoms with Crippen LogP contribution in [0.25, 0.3) is 0 Å². The number of hydrogen-bond acceptors (Lipinski definition) is 6. The summed E-state index contributed by atoms with van der Waals surface area (Å²) in [6, 6.07) is 19.0. The van der Waals surface area contributed by atoms with Crippen molar-refractivity contribution in [2.45, 2.75) is 62.0 Å². The zero-order chi connectivity index (χ0) is 33.1. The Hall–Kier alpha value is -4.16. The van der Waals surface area contributed by atoms with Gasteiger partial charge in [-0.1, -0.05) is 91.9 Å². The molecule has 238 valence electrons. The van der Waals surface area contributed by atoms with Crippen molar-refractivity contribution in [2.24, 2.45) is 5.92 Å². The van der Waals surface area contributed by atoms with Gasteiger partial charge >= 0.3 is 11.0 Å². The molecule has 0 saturated carbocycles. The summed E-state index contributed by atoms with van der Waals surface area (Å²) in [5.74, 6) is -3.47. The van der Waals surface area contributed by atoms with E-state index in [9.17, 15) is 32.3 Å². The van der Waals surface area contributed by atoms with Gasteiger partial charge in [0, 0.05) is 16.5 Å². The lowest BCUT2D eigenvalue weighted by atomic mass is 9.81. The molecule has 2 aliphatic rings. The Balaban J connectivity index is 1.42. The molecule has 2 aliphatic heterocycles. The van der Waals surface area contributed by atoms with Crippen LogP contribution in [-0.2, 0) is 32.5 Å². The number of fused-ring (bicyclic) bond motifs is 2. The molecule has 1 N–H and O–H groups in total. The average molecular weight is 666 g/mol. The molecular formula is C34H30F3N3O4S2. The highest BCUT2D eigenvalue weighted by Gasteiger charge is 2.57. The lowest BCUT2D eigenvalue weighted by Gasteiger charge is -2.31. The SMILES string of the molecule is Cc1ccc(NC(=O)Cn2c3c(sc2=O)[C@@H](c2ccc(C(C)(C)C)cc2)C2C(=O)N(c4cccc(C(F)(F)F)c4)C(=O)C2S3)cc1. The van der Waals surface area contributed by atoms with Crippen molar-refractivity contribution < 1.29 is 27.6 Å². The molecule has 0 bridgehead atoms. The predicted molar refractivity (Wildman–Crippen MR) is 172 cm³/mol. The molecule has 3 atom stereocenters. The summed E-state index contributed by atoms with van der Waals surface area (Å²) in [6.07, 6.45) is -4.67. The molecule has 0 aliphatic carbocycles. The quantitative estimate of drug-likeness (QED) is 0.233. The van der Waals surface area contributed by atoms with Crippen molar-refractivity contribution in [1.29, 1.82) is 0 Å². The smallest absolute Gasteiger partial charge is 0.325 e. The molecule has 3 heterocycles. The fraction of sp³-hybridized carbons (Fsp3) is 0.294. The van der Waals surface area contributed by atoms with Gasteiger partial charge in [-0.25, -0.2) is 4.90 Å². The molecule has 1 aromatic heterocycles. The molecule has 4 aromatic rings. The van der Waals surface area contributed by atoms with Crippen LogP contribution in [-0.4, -0.2) is 27.5 Å². The van der Waals surface area contributed by atoms with E-state index < -0.39 is 51.4 Å². The molecule has 12 heteroatoms. The van der Waals surface area contributed by atoms with Gasteiger partial charge in [-0.2, -0.15) is 13.2 Å². The van der Waals surface area contributed by atoms with Gasteiger partial charge < -0.3 is 5.32 Å². The fourth-order valence-corrected chi connectivity index (χ4v) is 8.63. The number of benzene rings is 3. The minimum Gasteiger partial charge on any atom is -0.325 e. The van der Waals surface area contributed by atoms with E-state index >= 15 is 0 Å². The number of hydrogen-bond donors (Lipinski definition) is 1. The third kappa shape index (κ3) is 5.79. The monoisotopic (exact) mass is 665 g/mol. The standard InChI is InChI=1S/C34H30F3N3O4S2/c1-18-8-14-22(15-9-18)38-24(41)17-39-31-28(46-32(39)44)25(19-10-12-20(13-11-19)33(2,3)4)26-27(45-31)30(43)40(29(26)42)23-7-5-6-21(16-23)34(35,36)37/h5-16,25-27H,17H2,1-4H3,(H,38,41)/t25-,26?,27?/m0/s1. The summed E-state index contributed by atoms with van der Waals surface area (Å²) in [4.78, 5) is 55.5. The zero-order valence-corrected chi connectivity index (χ0v) is 27.0. The number of carbonyl (C=O) groups excluding carboxylic acids is 3. The third-order valence-corrected chi connectivity index (χ3v) is 10.9. The second kappa shape index (κ2) is 11.6. The van der Waals surface area contributed by atoms with Crippen LogP contribution in [0.4, 0.5) is 24.5 Å². The summed E-state index contributed by atoms with van der Waals surface area (Å²) in [7, 11) is 0. The van der Waals surface area contributed by atoms with E-state index in [1.54, 1.807) is 12.1 Å². The largest absolute Gasteiger partial charge is 0.416 e. The normalized spacial score (nSPS) is 19.6. The second-order valence-electron chi connectivity index (χ2n) is 12.5. The van der Waals surface area contributed by atoms with Gasteiger partial charge in [-0.3, -0.25) is 23.7 Å². The topological polar surface area (TPSA) is 88.5 Å². The summed E-state index contributed by atoms with van der Waals surface area (Å²) in [5, 5.41) is 2.16. The molecule has 2 unspecified atom stereocenters. The lowest BCUT2D eigenvalue weighted by molar-refractivity contribution is -0.137. The lowest BCUT2D eigenvalue weighted by Crippen LogP contribution is -2.33. The van der Waals surface area contributed by atoms with Gasteiger partial charge in [0.2, 0.25) is 17.7 Å². The number of amides is 3. The number of nitrogens with zero attached hydrogens (tertiary/aromatic N) is 2. The first-order valence-corrected chi connectivity index (χ1v) is 16.3. The Bertz CT molecular complexity index is 1910. The van der Waals surface area contributed by atoms with Crippen molar-refractivity contribution in [3.8, 4) is 0 Å². The van der Waals surface area contributed by atoms with Crippen LogP contribution < -0.4 is 15.1 Å². The summed E-state index contributed by atoms with van der Waals surface area (Å²) in [6.45, 7) is 7.79. The van der Waals surface area contributed by atoms with Gasteiger partial charge in [0.1, 0.15) is 11.8 Å². The van der Waals surface area contributed by atoms with Crippen LogP contribution in [0, 0.1) is 12.8 Å². The van der Waals surface area contributed by atoms with E-state index in [1.807, 2.05) is 43.3 Å². The number of anilines is 2. The van der Waals surface area contributed by atoms with Crippen molar-refractivity contribution >= 4 is 52.2 Å². The van der Waals surface area contributed by atoms with E-state index in [-0.39, 0.29) is 17.6 Å². The van der Waals surface area contributed by atoms with Crippen LogP contribution in [0.5, 0.6) is 0 Å². The van der Waals surface area contributed by atoms with E-state index in [0.717, 1.165) is 57.3 Å². The number of thiazole rings is 1. The Morgan fingerprint density at radius 2 is 1.57 bits per heavy atom. The molecule has 7 nitrogen and oxygen atoms in total. The number of thioether (sulfide) groups is 1. The van der Waals surface area contributed by atoms with E-state index in [0.29, 0.717) is 21.2 Å². The first kappa shape index (κ1) is 31.8. The molecule has 3 aromatic carbocycles. The summed E-state index contributed by atoms with van der Waals surface area (Å²) in [5.41, 5.74) is 2.00. The Morgan fingerprint density at radius 3 is 2.20 bits per heavy atom. The summed E-state index contributed by atoms with van der Waals surface area (Å²) < 4.78 is 42.0. The van der Waals surface area contributed by atoms with Gasteiger partial charge in [-0.15, -0.1) is 0 Å². The van der Waals surface area contributed by atoms with Gasteiger partial charge in [0.05, 0.1) is 22.2 Å². The third-order valence-electron chi connectivity index (χ3n) is 8.25. The first-order valence-electron chi connectivity index (χ1n) is 14.6.